The molecule has 0 heterocycles. The van der Waals surface area contributed by atoms with E-state index in [1.807, 2.05) is 25.1 Å². The maximum Gasteiger partial charge on any atom is 0.276 e. The van der Waals surface area contributed by atoms with Gasteiger partial charge in [0.1, 0.15) is 17.2 Å². The van der Waals surface area contributed by atoms with E-state index in [1.165, 1.54) is 0 Å². The molecule has 7 nitrogen and oxygen atoms in total. The Morgan fingerprint density at radius 3 is 1.92 bits per heavy atom. The largest absolute Gasteiger partial charge is 0.497 e. The molecule has 0 unspecified atom stereocenters. The molecule has 2 amide bonds. The van der Waals surface area contributed by atoms with Gasteiger partial charge in [0.25, 0.3) is 11.8 Å². The summed E-state index contributed by atoms with van der Waals surface area (Å²) in [6.45, 7) is 1.47. The van der Waals surface area contributed by atoms with Crippen LogP contribution >= 0.6 is 0 Å². The van der Waals surface area contributed by atoms with Gasteiger partial charge in [0.15, 0.2) is 13.2 Å². The van der Waals surface area contributed by atoms with E-state index in [2.05, 4.69) is 10.9 Å². The van der Waals surface area contributed by atoms with Gasteiger partial charge in [-0.1, -0.05) is 18.2 Å². The smallest absolute Gasteiger partial charge is 0.276 e. The van der Waals surface area contributed by atoms with Crippen molar-refractivity contribution in [1.29, 1.82) is 0 Å². The Morgan fingerprint density at radius 2 is 1.36 bits per heavy atom. The molecule has 0 aromatic heterocycles. The highest BCUT2D eigenvalue weighted by atomic mass is 16.5. The van der Waals surface area contributed by atoms with Gasteiger partial charge >= 0.3 is 0 Å². The van der Waals surface area contributed by atoms with Crippen molar-refractivity contribution < 1.29 is 23.8 Å². The number of hydrogen-bond acceptors (Lipinski definition) is 5. The van der Waals surface area contributed by atoms with Crippen molar-refractivity contribution in [3.05, 3.63) is 54.1 Å². The summed E-state index contributed by atoms with van der Waals surface area (Å²) in [6.07, 6.45) is 0. The fraction of sp³-hybridized carbons (Fsp3) is 0.222. The molecule has 0 bridgehead atoms. The second kappa shape index (κ2) is 9.17. The van der Waals surface area contributed by atoms with Crippen molar-refractivity contribution in [1.82, 2.24) is 10.9 Å². The summed E-state index contributed by atoms with van der Waals surface area (Å²) in [5.74, 6) is 0.730. The third kappa shape index (κ3) is 6.42. The molecule has 0 aliphatic rings. The van der Waals surface area contributed by atoms with Gasteiger partial charge in [0, 0.05) is 6.07 Å². The van der Waals surface area contributed by atoms with E-state index < -0.39 is 11.8 Å². The molecule has 2 rings (SSSR count). The lowest BCUT2D eigenvalue weighted by molar-refractivity contribution is -0.131. The molecule has 0 saturated heterocycles. The minimum absolute atomic E-state index is 0.208. The van der Waals surface area contributed by atoms with E-state index in [1.54, 1.807) is 37.4 Å². The summed E-state index contributed by atoms with van der Waals surface area (Å²) in [5.41, 5.74) is 5.54. The molecule has 0 spiro atoms. The normalized spacial score (nSPS) is 9.84. The van der Waals surface area contributed by atoms with Crippen LogP contribution in [0.5, 0.6) is 17.2 Å². The van der Waals surface area contributed by atoms with Gasteiger partial charge in [-0.15, -0.1) is 0 Å². The molecular formula is C18H20N2O5. The molecular weight excluding hydrogens is 324 g/mol. The number of ether oxygens (including phenoxy) is 3. The zero-order valence-corrected chi connectivity index (χ0v) is 14.1. The molecule has 0 saturated carbocycles. The van der Waals surface area contributed by atoms with Crippen LogP contribution in [0.2, 0.25) is 0 Å². The quantitative estimate of drug-likeness (QED) is 0.745. The van der Waals surface area contributed by atoms with Crippen LogP contribution in [0.3, 0.4) is 0 Å². The highest BCUT2D eigenvalue weighted by Crippen LogP contribution is 2.18. The van der Waals surface area contributed by atoms with Crippen LogP contribution in [0.1, 0.15) is 5.56 Å². The topological polar surface area (TPSA) is 85.9 Å². The lowest BCUT2D eigenvalue weighted by Gasteiger charge is -2.10. The molecule has 0 aliphatic heterocycles. The number of hydrogen-bond donors (Lipinski definition) is 2. The van der Waals surface area contributed by atoms with Gasteiger partial charge in [-0.25, -0.2) is 0 Å². The van der Waals surface area contributed by atoms with E-state index in [4.69, 9.17) is 14.2 Å². The average molecular weight is 344 g/mol. The van der Waals surface area contributed by atoms with Gasteiger partial charge in [-0.2, -0.15) is 0 Å². The fourth-order valence-corrected chi connectivity index (χ4v) is 1.91. The second-order valence-electron chi connectivity index (χ2n) is 5.17. The van der Waals surface area contributed by atoms with Crippen molar-refractivity contribution in [2.24, 2.45) is 0 Å². The third-order valence-electron chi connectivity index (χ3n) is 3.11. The molecule has 2 aromatic rings. The number of rotatable bonds is 7. The number of methoxy groups -OCH3 is 1. The Bertz CT molecular complexity index is 733. The fourth-order valence-electron chi connectivity index (χ4n) is 1.91. The number of hydrazine groups is 1. The lowest BCUT2D eigenvalue weighted by Crippen LogP contribution is -2.45. The van der Waals surface area contributed by atoms with Crippen LogP contribution < -0.4 is 25.1 Å². The van der Waals surface area contributed by atoms with Gasteiger partial charge < -0.3 is 14.2 Å². The highest BCUT2D eigenvalue weighted by molar-refractivity contribution is 5.83. The lowest BCUT2D eigenvalue weighted by atomic mass is 10.2. The zero-order valence-electron chi connectivity index (χ0n) is 14.1. The van der Waals surface area contributed by atoms with Crippen molar-refractivity contribution in [3.8, 4) is 17.2 Å². The van der Waals surface area contributed by atoms with Crippen LogP contribution in [-0.2, 0) is 9.59 Å². The van der Waals surface area contributed by atoms with Crippen LogP contribution in [0.15, 0.2) is 48.5 Å². The Balaban J connectivity index is 1.67. The molecule has 0 aliphatic carbocycles. The predicted molar refractivity (Wildman–Crippen MR) is 91.4 cm³/mol. The molecule has 2 aromatic carbocycles. The molecule has 25 heavy (non-hydrogen) atoms. The second-order valence-corrected chi connectivity index (χ2v) is 5.17. The van der Waals surface area contributed by atoms with Crippen LogP contribution in [0.4, 0.5) is 0 Å². The van der Waals surface area contributed by atoms with E-state index in [9.17, 15) is 9.59 Å². The third-order valence-corrected chi connectivity index (χ3v) is 3.11. The maximum atomic E-state index is 11.7. The Hall–Kier alpha value is -3.22. The number of amides is 2. The summed E-state index contributed by atoms with van der Waals surface area (Å²) >= 11 is 0. The monoisotopic (exact) mass is 344 g/mol. The number of carbonyl (C=O) groups is 2. The minimum atomic E-state index is -0.494. The first-order valence-corrected chi connectivity index (χ1v) is 7.61. The van der Waals surface area contributed by atoms with Gasteiger partial charge in [-0.3, -0.25) is 20.4 Å². The standard InChI is InChI=1S/C18H20N2O5/c1-13-5-3-7-15(9-13)24-11-17(21)19-20-18(22)12-25-16-8-4-6-14(10-16)23-2/h3-10H,11-12H2,1-2H3,(H,19,21)(H,20,22). The van der Waals surface area contributed by atoms with Crippen LogP contribution in [-0.4, -0.2) is 32.1 Å². The minimum Gasteiger partial charge on any atom is -0.497 e. The molecule has 0 fully saturated rings. The van der Waals surface area contributed by atoms with E-state index in [-0.39, 0.29) is 13.2 Å². The molecule has 0 atom stereocenters. The van der Waals surface area contributed by atoms with E-state index in [0.717, 1.165) is 5.56 Å². The highest BCUT2D eigenvalue weighted by Gasteiger charge is 2.07. The SMILES string of the molecule is COc1cccc(OCC(=O)NNC(=O)COc2cccc(C)c2)c1. The number of aryl methyl sites for hydroxylation is 1. The summed E-state index contributed by atoms with van der Waals surface area (Å²) < 4.78 is 15.7. The first kappa shape index (κ1) is 18.1. The average Bonchev–Trinajstić information content (AvgIpc) is 2.63. The number of nitrogens with one attached hydrogen (secondary N) is 2. The molecule has 2 N–H and O–H groups in total. The summed E-state index contributed by atoms with van der Waals surface area (Å²) in [6, 6.07) is 14.2. The number of carbonyl (C=O) groups excluding carboxylic acids is 2. The van der Waals surface area contributed by atoms with Crippen molar-refractivity contribution in [2.75, 3.05) is 20.3 Å². The van der Waals surface area contributed by atoms with E-state index >= 15 is 0 Å². The number of benzene rings is 2. The van der Waals surface area contributed by atoms with Crippen molar-refractivity contribution in [2.45, 2.75) is 6.92 Å². The first-order valence-electron chi connectivity index (χ1n) is 7.61. The van der Waals surface area contributed by atoms with Gasteiger partial charge in [-0.05, 0) is 36.8 Å². The zero-order chi connectivity index (χ0) is 18.1. The van der Waals surface area contributed by atoms with E-state index in [0.29, 0.717) is 17.2 Å². The maximum absolute atomic E-state index is 11.7. The summed E-state index contributed by atoms with van der Waals surface area (Å²) in [7, 11) is 1.54. The molecule has 7 heteroatoms. The Kier molecular flexibility index (Phi) is 6.65. The Labute approximate surface area is 145 Å². The predicted octanol–water partition coefficient (Wildman–Crippen LogP) is 1.61. The molecule has 132 valence electrons. The Morgan fingerprint density at radius 1 is 0.840 bits per heavy atom. The van der Waals surface area contributed by atoms with Gasteiger partial charge in [0.2, 0.25) is 0 Å². The van der Waals surface area contributed by atoms with Crippen molar-refractivity contribution in [3.63, 3.8) is 0 Å². The van der Waals surface area contributed by atoms with Gasteiger partial charge in [0.05, 0.1) is 7.11 Å². The molecule has 0 radical (unpaired) electrons. The first-order chi connectivity index (χ1) is 12.1. The summed E-state index contributed by atoms with van der Waals surface area (Å²) in [5, 5.41) is 0. The van der Waals surface area contributed by atoms with Crippen LogP contribution in [0.25, 0.3) is 0 Å². The van der Waals surface area contributed by atoms with Crippen LogP contribution in [0, 0.1) is 6.92 Å². The summed E-state index contributed by atoms with van der Waals surface area (Å²) in [4.78, 5) is 23.3. The van der Waals surface area contributed by atoms with Crippen molar-refractivity contribution >= 4 is 11.8 Å².